The molecule has 1 aliphatic rings. The Kier molecular flexibility index (Phi) is 4.20. The molecular weight excluding hydrogens is 198 g/mol. The first-order valence-corrected chi connectivity index (χ1v) is 4.74. The number of anilines is 1. The molecule has 0 radical (unpaired) electrons. The van der Waals surface area contributed by atoms with E-state index in [1.165, 1.54) is 5.69 Å². The summed E-state index contributed by atoms with van der Waals surface area (Å²) in [6.45, 7) is 4.34. The highest BCUT2D eigenvalue weighted by molar-refractivity contribution is 5.62. The second kappa shape index (κ2) is 5.20. The standard InChI is InChI=1S/C10H15N3.ClH/c11-9-3-1-2-4-10(9)13-7-5-12-6-8-13;/h1-4,12H,5-8,11H2;1H. The van der Waals surface area contributed by atoms with Gasteiger partial charge in [0.15, 0.2) is 5.69 Å². The SMILES string of the molecule is [Cl-].[NH3+]c1ccccc1N1CCNCC1. The van der Waals surface area contributed by atoms with Gasteiger partial charge >= 0.3 is 0 Å². The molecule has 0 amide bonds. The molecule has 3 nitrogen and oxygen atoms in total. The highest BCUT2D eigenvalue weighted by Crippen LogP contribution is 2.20. The van der Waals surface area contributed by atoms with Crippen LogP contribution >= 0.6 is 0 Å². The number of piperazine rings is 1. The molecule has 0 aliphatic carbocycles. The summed E-state index contributed by atoms with van der Waals surface area (Å²) in [5.41, 5.74) is 6.44. The van der Waals surface area contributed by atoms with Crippen molar-refractivity contribution in [3.8, 4) is 0 Å². The number of hydrogen-bond donors (Lipinski definition) is 2. The molecular formula is C10H16ClN3. The van der Waals surface area contributed by atoms with Gasteiger partial charge in [0.1, 0.15) is 0 Å². The largest absolute Gasteiger partial charge is 1.00 e. The Labute approximate surface area is 90.7 Å². The van der Waals surface area contributed by atoms with E-state index in [-0.39, 0.29) is 12.4 Å². The maximum atomic E-state index is 4.03. The van der Waals surface area contributed by atoms with E-state index >= 15 is 0 Å². The van der Waals surface area contributed by atoms with E-state index in [1.54, 1.807) is 0 Å². The third-order valence-corrected chi connectivity index (χ3v) is 2.45. The first-order valence-electron chi connectivity index (χ1n) is 4.74. The number of halogens is 1. The van der Waals surface area contributed by atoms with Crippen molar-refractivity contribution in [1.82, 2.24) is 5.32 Å². The van der Waals surface area contributed by atoms with Gasteiger partial charge in [-0.15, -0.1) is 0 Å². The van der Waals surface area contributed by atoms with Gasteiger partial charge in [0.25, 0.3) is 0 Å². The monoisotopic (exact) mass is 213 g/mol. The molecule has 78 valence electrons. The summed E-state index contributed by atoms with van der Waals surface area (Å²) in [6, 6.07) is 8.32. The number of benzene rings is 1. The van der Waals surface area contributed by atoms with Crippen molar-refractivity contribution >= 4 is 11.4 Å². The molecule has 1 saturated heterocycles. The Morgan fingerprint density at radius 3 is 2.43 bits per heavy atom. The molecule has 4 N–H and O–H groups in total. The molecule has 0 bridgehead atoms. The van der Waals surface area contributed by atoms with Crippen LogP contribution in [-0.4, -0.2) is 26.2 Å². The van der Waals surface area contributed by atoms with Crippen molar-refractivity contribution < 1.29 is 18.1 Å². The molecule has 1 aromatic rings. The summed E-state index contributed by atoms with van der Waals surface area (Å²) < 4.78 is 0. The van der Waals surface area contributed by atoms with Gasteiger partial charge in [0.2, 0.25) is 0 Å². The minimum absolute atomic E-state index is 0. The second-order valence-corrected chi connectivity index (χ2v) is 3.37. The van der Waals surface area contributed by atoms with Crippen molar-refractivity contribution in [2.75, 3.05) is 31.1 Å². The van der Waals surface area contributed by atoms with Crippen LogP contribution in [0.4, 0.5) is 11.4 Å². The number of rotatable bonds is 1. The zero-order valence-electron chi connectivity index (χ0n) is 8.17. The van der Waals surface area contributed by atoms with E-state index in [4.69, 9.17) is 0 Å². The summed E-state index contributed by atoms with van der Waals surface area (Å²) in [6.07, 6.45) is 0. The normalized spacial score (nSPS) is 16.2. The van der Waals surface area contributed by atoms with Gasteiger partial charge in [-0.25, -0.2) is 0 Å². The summed E-state index contributed by atoms with van der Waals surface area (Å²) >= 11 is 0. The van der Waals surface area contributed by atoms with Crippen LogP contribution in [0.5, 0.6) is 0 Å². The van der Waals surface area contributed by atoms with E-state index in [2.05, 4.69) is 34.1 Å². The summed E-state index contributed by atoms with van der Waals surface area (Å²) in [4.78, 5) is 2.39. The van der Waals surface area contributed by atoms with E-state index in [9.17, 15) is 0 Å². The van der Waals surface area contributed by atoms with Crippen LogP contribution in [0.3, 0.4) is 0 Å². The number of nitrogens with one attached hydrogen (secondary N) is 1. The lowest BCUT2D eigenvalue weighted by Gasteiger charge is -2.29. The molecule has 0 atom stereocenters. The minimum atomic E-state index is 0. The summed E-state index contributed by atoms with van der Waals surface area (Å²) in [7, 11) is 0. The molecule has 0 saturated carbocycles. The lowest BCUT2D eigenvalue weighted by molar-refractivity contribution is -0.253. The first-order chi connectivity index (χ1) is 6.38. The molecule has 1 aromatic carbocycles. The Bertz CT molecular complexity index is 284. The van der Waals surface area contributed by atoms with E-state index in [1.807, 2.05) is 6.07 Å². The Morgan fingerprint density at radius 1 is 1.14 bits per heavy atom. The maximum Gasteiger partial charge on any atom is 0.151 e. The Morgan fingerprint density at radius 2 is 1.79 bits per heavy atom. The molecule has 0 aromatic heterocycles. The van der Waals surface area contributed by atoms with E-state index in [0.29, 0.717) is 0 Å². The van der Waals surface area contributed by atoms with Crippen LogP contribution in [0.2, 0.25) is 0 Å². The van der Waals surface area contributed by atoms with E-state index < -0.39 is 0 Å². The van der Waals surface area contributed by atoms with Crippen LogP contribution < -0.4 is 28.4 Å². The smallest absolute Gasteiger partial charge is 0.151 e. The Hall–Kier alpha value is -0.770. The van der Waals surface area contributed by atoms with E-state index in [0.717, 1.165) is 31.9 Å². The molecule has 0 unspecified atom stereocenters. The van der Waals surface area contributed by atoms with Crippen LogP contribution in [0, 0.1) is 0 Å². The number of hydrogen-bond acceptors (Lipinski definition) is 2. The average Bonchev–Trinajstić information content (AvgIpc) is 2.20. The molecule has 1 fully saturated rings. The van der Waals surface area contributed by atoms with Crippen molar-refractivity contribution in [3.05, 3.63) is 24.3 Å². The first kappa shape index (κ1) is 11.3. The number of quaternary nitrogens is 1. The van der Waals surface area contributed by atoms with Crippen LogP contribution in [0.25, 0.3) is 0 Å². The van der Waals surface area contributed by atoms with Gasteiger partial charge < -0.3 is 28.4 Å². The fraction of sp³-hybridized carbons (Fsp3) is 0.400. The average molecular weight is 214 g/mol. The lowest BCUT2D eigenvalue weighted by atomic mass is 10.2. The molecule has 14 heavy (non-hydrogen) atoms. The predicted molar refractivity (Wildman–Crippen MR) is 54.1 cm³/mol. The van der Waals surface area contributed by atoms with Gasteiger partial charge in [-0.3, -0.25) is 0 Å². The molecule has 4 heteroatoms. The fourth-order valence-corrected chi connectivity index (χ4v) is 1.73. The van der Waals surface area contributed by atoms with Crippen LogP contribution in [0.15, 0.2) is 24.3 Å². The van der Waals surface area contributed by atoms with Crippen LogP contribution in [-0.2, 0) is 0 Å². The maximum absolute atomic E-state index is 4.03. The highest BCUT2D eigenvalue weighted by atomic mass is 35.5. The zero-order valence-corrected chi connectivity index (χ0v) is 8.93. The third kappa shape index (κ3) is 2.38. The van der Waals surface area contributed by atoms with Gasteiger partial charge in [0.05, 0.1) is 5.69 Å². The zero-order chi connectivity index (χ0) is 9.10. The van der Waals surface area contributed by atoms with Gasteiger partial charge in [-0.2, -0.15) is 0 Å². The minimum Gasteiger partial charge on any atom is -1.00 e. The van der Waals surface area contributed by atoms with Crippen molar-refractivity contribution in [2.24, 2.45) is 0 Å². The number of para-hydroxylation sites is 1. The number of nitrogens with zero attached hydrogens (tertiary/aromatic N) is 1. The van der Waals surface area contributed by atoms with Gasteiger partial charge in [0, 0.05) is 32.2 Å². The molecule has 2 rings (SSSR count). The van der Waals surface area contributed by atoms with Crippen molar-refractivity contribution in [2.45, 2.75) is 0 Å². The second-order valence-electron chi connectivity index (χ2n) is 3.37. The molecule has 1 heterocycles. The Balaban J connectivity index is 0.000000980. The molecule has 1 aliphatic heterocycles. The summed E-state index contributed by atoms with van der Waals surface area (Å²) in [5.74, 6) is 0. The van der Waals surface area contributed by atoms with Crippen molar-refractivity contribution in [3.63, 3.8) is 0 Å². The predicted octanol–water partition coefficient (Wildman–Crippen LogP) is -3.03. The lowest BCUT2D eigenvalue weighted by Crippen LogP contribution is -3.00. The van der Waals surface area contributed by atoms with Crippen molar-refractivity contribution in [1.29, 1.82) is 0 Å². The van der Waals surface area contributed by atoms with Gasteiger partial charge in [-0.1, -0.05) is 12.1 Å². The highest BCUT2D eigenvalue weighted by Gasteiger charge is 2.13. The quantitative estimate of drug-likeness (QED) is 0.522. The topological polar surface area (TPSA) is 42.9 Å². The molecule has 0 spiro atoms. The third-order valence-electron chi connectivity index (χ3n) is 2.45. The fourth-order valence-electron chi connectivity index (χ4n) is 1.73. The van der Waals surface area contributed by atoms with Crippen LogP contribution in [0.1, 0.15) is 0 Å². The van der Waals surface area contributed by atoms with Gasteiger partial charge in [-0.05, 0) is 6.07 Å². The summed E-state index contributed by atoms with van der Waals surface area (Å²) in [5, 5.41) is 3.34.